The number of hydrogen-bond acceptors (Lipinski definition) is 5. The molecule has 0 aromatic heterocycles. The Kier molecular flexibility index (Phi) is 6.71. The van der Waals surface area contributed by atoms with Crippen LogP contribution in [0.3, 0.4) is 0 Å². The van der Waals surface area contributed by atoms with Crippen molar-refractivity contribution in [3.05, 3.63) is 76.7 Å². The van der Waals surface area contributed by atoms with Crippen LogP contribution in [0.25, 0.3) is 12.2 Å². The molecule has 0 aliphatic carbocycles. The maximum absolute atomic E-state index is 13.7. The average molecular weight is 458 g/mol. The Morgan fingerprint density at radius 1 is 1.06 bits per heavy atom. The van der Waals surface area contributed by atoms with Crippen molar-refractivity contribution in [3.63, 3.8) is 0 Å². The largest absolute Gasteiger partial charge is 0.503 e. The number of rotatable bonds is 5. The number of carbonyl (C=O) groups is 2. The van der Waals surface area contributed by atoms with Crippen molar-refractivity contribution in [1.82, 2.24) is 4.90 Å². The van der Waals surface area contributed by atoms with E-state index < -0.39 is 47.2 Å². The lowest BCUT2D eigenvalue weighted by Gasteiger charge is -2.22. The number of aliphatic imine (C=N–C) groups is 1. The summed E-state index contributed by atoms with van der Waals surface area (Å²) in [6, 6.07) is 7.25. The first-order valence-electron chi connectivity index (χ1n) is 9.89. The van der Waals surface area contributed by atoms with E-state index in [1.807, 2.05) is 0 Å². The minimum atomic E-state index is -1.20. The summed E-state index contributed by atoms with van der Waals surface area (Å²) in [4.78, 5) is 30.5. The molecule has 33 heavy (non-hydrogen) atoms. The highest BCUT2D eigenvalue weighted by Crippen LogP contribution is 2.25. The van der Waals surface area contributed by atoms with Crippen molar-refractivity contribution >= 4 is 29.9 Å². The maximum Gasteiger partial charge on any atom is 0.326 e. The number of phenols is 1. The zero-order chi connectivity index (χ0) is 24.3. The van der Waals surface area contributed by atoms with Gasteiger partial charge in [0.05, 0.1) is 0 Å². The number of halogens is 3. The van der Waals surface area contributed by atoms with Gasteiger partial charge in [0, 0.05) is 0 Å². The van der Waals surface area contributed by atoms with E-state index in [-0.39, 0.29) is 17.1 Å². The van der Waals surface area contributed by atoms with Crippen molar-refractivity contribution < 1.29 is 32.6 Å². The second-order valence-corrected chi connectivity index (χ2v) is 8.20. The lowest BCUT2D eigenvalue weighted by Crippen LogP contribution is -2.39. The Balaban J connectivity index is 1.95. The average Bonchev–Trinajstić information content (AvgIpc) is 2.99. The number of amidine groups is 1. The van der Waals surface area contributed by atoms with E-state index in [2.05, 4.69) is 4.99 Å². The molecule has 0 bridgehead atoms. The zero-order valence-corrected chi connectivity index (χ0v) is 18.1. The van der Waals surface area contributed by atoms with Crippen LogP contribution in [-0.2, 0) is 14.3 Å². The molecular formula is C24H21F3N2O4. The molecule has 3 rings (SSSR count). The van der Waals surface area contributed by atoms with E-state index in [0.29, 0.717) is 5.56 Å². The van der Waals surface area contributed by atoms with Crippen molar-refractivity contribution in [2.45, 2.75) is 26.4 Å². The Bertz CT molecular complexity index is 1160. The molecule has 0 spiro atoms. The standard InChI is InChI=1S/C24H21F3N2O4/c1-24(2,3)33-21(30)13-29-20(9-6-14-4-7-16(25)8-5-14)28-19(23(29)32)12-15-10-17(26)22(31)18(27)11-15/h4-12,31H,13H2,1-3H3/b9-6+,19-12-. The Morgan fingerprint density at radius 3 is 2.24 bits per heavy atom. The van der Waals surface area contributed by atoms with Crippen LogP contribution in [-0.4, -0.2) is 39.9 Å². The van der Waals surface area contributed by atoms with Crippen LogP contribution >= 0.6 is 0 Å². The van der Waals surface area contributed by atoms with Gasteiger partial charge < -0.3 is 9.84 Å². The second kappa shape index (κ2) is 9.32. The normalized spacial score (nSPS) is 15.5. The summed E-state index contributed by atoms with van der Waals surface area (Å²) in [6.07, 6.45) is 4.15. The van der Waals surface area contributed by atoms with Gasteiger partial charge in [0.25, 0.3) is 5.91 Å². The van der Waals surface area contributed by atoms with Crippen LogP contribution in [0.1, 0.15) is 31.9 Å². The highest BCUT2D eigenvalue weighted by molar-refractivity contribution is 6.19. The highest BCUT2D eigenvalue weighted by atomic mass is 19.1. The van der Waals surface area contributed by atoms with Crippen molar-refractivity contribution in [2.75, 3.05) is 6.54 Å². The molecule has 0 fully saturated rings. The number of ether oxygens (including phenoxy) is 1. The van der Waals surface area contributed by atoms with Gasteiger partial charge in [-0.1, -0.05) is 18.2 Å². The third kappa shape index (κ3) is 6.09. The molecule has 2 aromatic rings. The lowest BCUT2D eigenvalue weighted by molar-refractivity contribution is -0.156. The number of nitrogens with zero attached hydrogens (tertiary/aromatic N) is 2. The van der Waals surface area contributed by atoms with Gasteiger partial charge in [0.1, 0.15) is 29.5 Å². The Hall–Kier alpha value is -3.88. The van der Waals surface area contributed by atoms with E-state index in [1.54, 1.807) is 26.8 Å². The smallest absolute Gasteiger partial charge is 0.326 e. The molecular weight excluding hydrogens is 437 g/mol. The van der Waals surface area contributed by atoms with Crippen LogP contribution < -0.4 is 0 Å². The molecule has 1 heterocycles. The molecule has 0 saturated heterocycles. The number of aromatic hydroxyl groups is 1. The summed E-state index contributed by atoms with van der Waals surface area (Å²) < 4.78 is 45.8. The Labute approximate surface area is 188 Å². The van der Waals surface area contributed by atoms with E-state index in [4.69, 9.17) is 4.74 Å². The van der Waals surface area contributed by atoms with E-state index in [1.165, 1.54) is 30.3 Å². The van der Waals surface area contributed by atoms with Gasteiger partial charge in [-0.2, -0.15) is 0 Å². The summed E-state index contributed by atoms with van der Waals surface area (Å²) in [5, 5.41) is 9.26. The van der Waals surface area contributed by atoms with E-state index in [0.717, 1.165) is 23.1 Å². The molecule has 0 unspecified atom stereocenters. The Morgan fingerprint density at radius 2 is 1.67 bits per heavy atom. The minimum absolute atomic E-state index is 0.0455. The van der Waals surface area contributed by atoms with Gasteiger partial charge in [0.15, 0.2) is 17.4 Å². The van der Waals surface area contributed by atoms with Gasteiger partial charge in [-0.25, -0.2) is 18.2 Å². The summed E-state index contributed by atoms with van der Waals surface area (Å²) in [6.45, 7) is 4.59. The molecule has 0 atom stereocenters. The quantitative estimate of drug-likeness (QED) is 0.531. The molecule has 9 heteroatoms. The molecule has 172 valence electrons. The van der Waals surface area contributed by atoms with Crippen LogP contribution in [0.5, 0.6) is 5.75 Å². The maximum atomic E-state index is 13.7. The number of esters is 1. The summed E-state index contributed by atoms with van der Waals surface area (Å²) in [5.41, 5.74) is -0.387. The molecule has 1 amide bonds. The van der Waals surface area contributed by atoms with Gasteiger partial charge in [0.2, 0.25) is 0 Å². The topological polar surface area (TPSA) is 79.2 Å². The fourth-order valence-corrected chi connectivity index (χ4v) is 2.92. The number of carbonyl (C=O) groups excluding carboxylic acids is 2. The highest BCUT2D eigenvalue weighted by Gasteiger charge is 2.32. The molecule has 1 aliphatic rings. The number of amides is 1. The monoisotopic (exact) mass is 458 g/mol. The fourth-order valence-electron chi connectivity index (χ4n) is 2.92. The van der Waals surface area contributed by atoms with E-state index >= 15 is 0 Å². The molecule has 1 N–H and O–H groups in total. The molecule has 1 aliphatic heterocycles. The summed E-state index contributed by atoms with van der Waals surface area (Å²) in [7, 11) is 0. The second-order valence-electron chi connectivity index (χ2n) is 8.20. The number of hydrogen-bond donors (Lipinski definition) is 1. The zero-order valence-electron chi connectivity index (χ0n) is 18.1. The minimum Gasteiger partial charge on any atom is -0.503 e. The van der Waals surface area contributed by atoms with Crippen LogP contribution in [0.2, 0.25) is 0 Å². The SMILES string of the molecule is CC(C)(C)OC(=O)CN1C(=O)/C(=C/c2cc(F)c(O)c(F)c2)N=C1/C=C/c1ccc(F)cc1. The summed E-state index contributed by atoms with van der Waals surface area (Å²) in [5.74, 6) is -5.22. The van der Waals surface area contributed by atoms with Crippen molar-refractivity contribution in [1.29, 1.82) is 0 Å². The third-order valence-electron chi connectivity index (χ3n) is 4.32. The number of benzene rings is 2. The lowest BCUT2D eigenvalue weighted by atomic mass is 10.1. The molecule has 2 aromatic carbocycles. The molecule has 6 nitrogen and oxygen atoms in total. The predicted octanol–water partition coefficient (Wildman–Crippen LogP) is 4.45. The van der Waals surface area contributed by atoms with Crippen LogP contribution in [0, 0.1) is 17.5 Å². The van der Waals surface area contributed by atoms with Gasteiger partial charge in [-0.3, -0.25) is 14.5 Å². The predicted molar refractivity (Wildman–Crippen MR) is 116 cm³/mol. The molecule has 0 radical (unpaired) electrons. The van der Waals surface area contributed by atoms with Crippen molar-refractivity contribution in [3.8, 4) is 5.75 Å². The molecule has 0 saturated carbocycles. The van der Waals surface area contributed by atoms with Crippen molar-refractivity contribution in [2.24, 2.45) is 4.99 Å². The van der Waals surface area contributed by atoms with Crippen LogP contribution in [0.4, 0.5) is 13.2 Å². The van der Waals surface area contributed by atoms with Gasteiger partial charge in [-0.05, 0) is 68.3 Å². The van der Waals surface area contributed by atoms with E-state index in [9.17, 15) is 27.9 Å². The first-order chi connectivity index (χ1) is 15.4. The fraction of sp³-hybridized carbons (Fsp3) is 0.208. The van der Waals surface area contributed by atoms with Gasteiger partial charge in [-0.15, -0.1) is 0 Å². The number of phenolic OH excluding ortho intramolecular Hbond substituents is 1. The van der Waals surface area contributed by atoms with Crippen LogP contribution in [0.15, 0.2) is 53.2 Å². The van der Waals surface area contributed by atoms with Gasteiger partial charge >= 0.3 is 5.97 Å². The summed E-state index contributed by atoms with van der Waals surface area (Å²) >= 11 is 0. The third-order valence-corrected chi connectivity index (χ3v) is 4.32. The first-order valence-corrected chi connectivity index (χ1v) is 9.89. The first kappa shape index (κ1) is 23.8.